The highest BCUT2D eigenvalue weighted by Gasteiger charge is 2.25. The van der Waals surface area contributed by atoms with Crippen molar-refractivity contribution in [3.63, 3.8) is 0 Å². The molecule has 150 valence electrons. The highest BCUT2D eigenvalue weighted by Crippen LogP contribution is 2.32. The maximum absolute atomic E-state index is 12.6. The van der Waals surface area contributed by atoms with Crippen LogP contribution in [-0.4, -0.2) is 54.5 Å². The lowest BCUT2D eigenvalue weighted by Crippen LogP contribution is -3.13. The second kappa shape index (κ2) is 7.96. The smallest absolute Gasteiger partial charge is 0.315 e. The molecule has 3 N–H and O–H groups in total. The molecule has 2 aromatic carbocycles. The van der Waals surface area contributed by atoms with Gasteiger partial charge in [-0.2, -0.15) is 0 Å². The Morgan fingerprint density at radius 1 is 1.14 bits per heavy atom. The molecule has 29 heavy (non-hydrogen) atoms. The summed E-state index contributed by atoms with van der Waals surface area (Å²) in [7, 11) is 0. The van der Waals surface area contributed by atoms with Gasteiger partial charge in [0.25, 0.3) is 0 Å². The van der Waals surface area contributed by atoms with E-state index in [1.54, 1.807) is 0 Å². The number of fused-ring (bicyclic) bond motifs is 2. The number of nitrogens with zero attached hydrogens (tertiary/aromatic N) is 1. The molecule has 0 aliphatic carbocycles. The van der Waals surface area contributed by atoms with Gasteiger partial charge in [0.15, 0.2) is 22.5 Å². The number of carbonyl (C=O) groups excluding carboxylic acids is 1. The molecule has 1 amide bonds. The number of hydrogen-bond acceptors (Lipinski definition) is 4. The summed E-state index contributed by atoms with van der Waals surface area (Å²) >= 11 is 1.53. The van der Waals surface area contributed by atoms with Crippen LogP contribution in [0.1, 0.15) is 5.56 Å². The maximum atomic E-state index is 12.6. The van der Waals surface area contributed by atoms with Gasteiger partial charge < -0.3 is 19.3 Å². The number of rotatable bonds is 5. The number of quaternary nitrogens is 1. The van der Waals surface area contributed by atoms with Crippen molar-refractivity contribution in [2.75, 3.05) is 38.7 Å². The van der Waals surface area contributed by atoms with Crippen LogP contribution in [0.3, 0.4) is 0 Å². The van der Waals surface area contributed by atoms with Crippen molar-refractivity contribution < 1.29 is 24.2 Å². The average molecular weight is 413 g/mol. The van der Waals surface area contributed by atoms with Gasteiger partial charge in [-0.05, 0) is 42.1 Å². The molecule has 0 atom stereocenters. The van der Waals surface area contributed by atoms with E-state index >= 15 is 0 Å². The Balaban J connectivity index is 1.11. The lowest BCUT2D eigenvalue weighted by Gasteiger charge is -2.32. The molecular weight excluding hydrogens is 388 g/mol. The number of ether oxygens (including phenoxy) is 2. The standard InChI is InChI=1S/C21H22N4O3S/c26-20(13-29-21-22-16-3-1-2-4-17(16)23-21)25-9-7-24(8-10-25)12-15-5-6-18-19(11-15)28-14-27-18/h1-6,11H,7-10,12-14H2,(H,22,23)/p+2. The number of H-pyrrole nitrogens is 2. The number of imidazole rings is 1. The Bertz CT molecular complexity index is 997. The van der Waals surface area contributed by atoms with Crippen molar-refractivity contribution >= 4 is 28.7 Å². The van der Waals surface area contributed by atoms with Crippen molar-refractivity contribution in [1.29, 1.82) is 0 Å². The molecule has 2 aliphatic rings. The molecule has 5 rings (SSSR count). The van der Waals surface area contributed by atoms with Crippen molar-refractivity contribution in [2.24, 2.45) is 0 Å². The second-order valence-electron chi connectivity index (χ2n) is 7.41. The summed E-state index contributed by atoms with van der Waals surface area (Å²) < 4.78 is 10.8. The van der Waals surface area contributed by atoms with E-state index in [0.29, 0.717) is 12.5 Å². The Morgan fingerprint density at radius 3 is 2.83 bits per heavy atom. The lowest BCUT2D eigenvalue weighted by molar-refractivity contribution is -0.917. The average Bonchev–Trinajstić information content (AvgIpc) is 3.38. The van der Waals surface area contributed by atoms with E-state index in [-0.39, 0.29) is 5.91 Å². The third kappa shape index (κ3) is 4.04. The summed E-state index contributed by atoms with van der Waals surface area (Å²) in [4.78, 5) is 22.7. The van der Waals surface area contributed by atoms with Crippen molar-refractivity contribution in [3.05, 3.63) is 48.0 Å². The van der Waals surface area contributed by atoms with Crippen LogP contribution in [0.15, 0.2) is 47.6 Å². The number of amides is 1. The van der Waals surface area contributed by atoms with E-state index < -0.39 is 0 Å². The third-order valence-corrected chi connectivity index (χ3v) is 6.36. The molecule has 7 nitrogen and oxygen atoms in total. The normalized spacial score (nSPS) is 16.5. The Hall–Kier alpha value is -2.71. The van der Waals surface area contributed by atoms with E-state index in [1.807, 2.05) is 35.2 Å². The molecule has 0 radical (unpaired) electrons. The minimum absolute atomic E-state index is 0.198. The van der Waals surface area contributed by atoms with Crippen LogP contribution in [0.2, 0.25) is 0 Å². The molecule has 0 bridgehead atoms. The van der Waals surface area contributed by atoms with E-state index in [1.165, 1.54) is 22.2 Å². The van der Waals surface area contributed by atoms with Crippen molar-refractivity contribution in [3.8, 4) is 11.5 Å². The van der Waals surface area contributed by atoms with Crippen LogP contribution in [0, 0.1) is 0 Å². The summed E-state index contributed by atoms with van der Waals surface area (Å²) in [5.74, 6) is 2.30. The van der Waals surface area contributed by atoms with Crippen LogP contribution >= 0.6 is 11.8 Å². The fraction of sp³-hybridized carbons (Fsp3) is 0.333. The van der Waals surface area contributed by atoms with Gasteiger partial charge in [-0.25, -0.2) is 9.97 Å². The van der Waals surface area contributed by atoms with Crippen LogP contribution < -0.4 is 19.4 Å². The zero-order valence-corrected chi connectivity index (χ0v) is 16.9. The third-order valence-electron chi connectivity index (χ3n) is 5.48. The molecule has 0 spiro atoms. The van der Waals surface area contributed by atoms with Gasteiger partial charge in [0.2, 0.25) is 12.7 Å². The zero-order valence-electron chi connectivity index (χ0n) is 16.1. The van der Waals surface area contributed by atoms with Gasteiger partial charge in [0, 0.05) is 5.56 Å². The number of aromatic amines is 2. The summed E-state index contributed by atoms with van der Waals surface area (Å²) in [6, 6.07) is 14.2. The van der Waals surface area contributed by atoms with E-state index in [9.17, 15) is 4.79 Å². The van der Waals surface area contributed by atoms with Crippen LogP contribution in [0.25, 0.3) is 11.0 Å². The SMILES string of the molecule is O=C(CSc1[nH]c2ccccc2[nH+]1)N1CC[NH+](Cc2ccc3c(c2)OCO3)CC1. The first kappa shape index (κ1) is 18.3. The Kier molecular flexibility index (Phi) is 5.03. The summed E-state index contributed by atoms with van der Waals surface area (Å²) in [6.07, 6.45) is 0. The van der Waals surface area contributed by atoms with Crippen LogP contribution in [0.5, 0.6) is 11.5 Å². The molecule has 1 saturated heterocycles. The zero-order chi connectivity index (χ0) is 19.6. The number of thioether (sulfide) groups is 1. The highest BCUT2D eigenvalue weighted by molar-refractivity contribution is 7.99. The summed E-state index contributed by atoms with van der Waals surface area (Å²) in [6.45, 7) is 4.77. The summed E-state index contributed by atoms with van der Waals surface area (Å²) in [5, 5.41) is 0.923. The maximum Gasteiger partial charge on any atom is 0.315 e. The molecule has 8 heteroatoms. The number of para-hydroxylation sites is 2. The predicted molar refractivity (Wildman–Crippen MR) is 109 cm³/mol. The number of benzene rings is 2. The highest BCUT2D eigenvalue weighted by atomic mass is 32.2. The van der Waals surface area contributed by atoms with Gasteiger partial charge in [0.1, 0.15) is 6.54 Å². The van der Waals surface area contributed by atoms with Crippen LogP contribution in [-0.2, 0) is 11.3 Å². The van der Waals surface area contributed by atoms with Gasteiger partial charge in [0.05, 0.1) is 31.9 Å². The quantitative estimate of drug-likeness (QED) is 0.606. The van der Waals surface area contributed by atoms with Gasteiger partial charge in [-0.1, -0.05) is 12.1 Å². The minimum Gasteiger partial charge on any atom is -0.454 e. The monoisotopic (exact) mass is 412 g/mol. The molecule has 0 unspecified atom stereocenters. The molecular formula is C21H24N4O3S+2. The summed E-state index contributed by atoms with van der Waals surface area (Å²) in [5.41, 5.74) is 3.36. The Morgan fingerprint density at radius 2 is 1.97 bits per heavy atom. The number of aromatic nitrogens is 2. The molecule has 2 aliphatic heterocycles. The number of nitrogens with one attached hydrogen (secondary N) is 3. The number of piperazine rings is 1. The van der Waals surface area contributed by atoms with Gasteiger partial charge in [-0.3, -0.25) is 4.79 Å². The largest absolute Gasteiger partial charge is 0.454 e. The second-order valence-corrected chi connectivity index (χ2v) is 8.39. The first-order valence-electron chi connectivity index (χ1n) is 9.87. The van der Waals surface area contributed by atoms with E-state index in [0.717, 1.165) is 60.4 Å². The van der Waals surface area contributed by atoms with Crippen molar-refractivity contribution in [2.45, 2.75) is 11.7 Å². The minimum atomic E-state index is 0.198. The molecule has 3 aromatic rings. The number of carbonyl (C=O) groups is 1. The van der Waals surface area contributed by atoms with Crippen LogP contribution in [0.4, 0.5) is 0 Å². The lowest BCUT2D eigenvalue weighted by atomic mass is 10.1. The molecule has 0 saturated carbocycles. The van der Waals surface area contributed by atoms with E-state index in [4.69, 9.17) is 9.47 Å². The van der Waals surface area contributed by atoms with E-state index in [2.05, 4.69) is 22.1 Å². The first-order chi connectivity index (χ1) is 14.2. The fourth-order valence-corrected chi connectivity index (χ4v) is 4.68. The Labute approximate surface area is 173 Å². The fourth-order valence-electron chi connectivity index (χ4n) is 3.86. The topological polar surface area (TPSA) is 73.1 Å². The van der Waals surface area contributed by atoms with Gasteiger partial charge in [-0.15, -0.1) is 0 Å². The van der Waals surface area contributed by atoms with Gasteiger partial charge >= 0.3 is 5.16 Å². The molecule has 1 fully saturated rings. The predicted octanol–water partition coefficient (Wildman–Crippen LogP) is 0.730. The first-order valence-corrected chi connectivity index (χ1v) is 10.9. The van der Waals surface area contributed by atoms with Crippen molar-refractivity contribution in [1.82, 2.24) is 9.88 Å². The molecule has 1 aromatic heterocycles. The molecule has 3 heterocycles. The number of hydrogen-bond donors (Lipinski definition) is 2.